The number of rotatable bonds is 11. The summed E-state index contributed by atoms with van der Waals surface area (Å²) in [6, 6.07) is 15.4. The molecule has 0 aliphatic carbocycles. The lowest BCUT2D eigenvalue weighted by atomic mass is 10.1. The SMILES string of the molecule is CCCCCOc1ccc(-c2ncc(-c3ccc(OCC(F)C(C)C)cc3)cn2)cc1. The molecular formula is C26H31FN2O2. The number of nitrogens with zero attached hydrogens (tertiary/aromatic N) is 2. The van der Waals surface area contributed by atoms with Gasteiger partial charge in [0.05, 0.1) is 6.61 Å². The van der Waals surface area contributed by atoms with E-state index in [9.17, 15) is 4.39 Å². The van der Waals surface area contributed by atoms with Gasteiger partial charge in [-0.25, -0.2) is 14.4 Å². The van der Waals surface area contributed by atoms with Crippen LogP contribution in [0.25, 0.3) is 22.5 Å². The molecule has 3 aromatic rings. The molecule has 0 amide bonds. The Morgan fingerprint density at radius 3 is 1.94 bits per heavy atom. The van der Waals surface area contributed by atoms with E-state index >= 15 is 0 Å². The van der Waals surface area contributed by atoms with Crippen molar-refractivity contribution in [2.45, 2.75) is 46.2 Å². The van der Waals surface area contributed by atoms with Gasteiger partial charge in [0.15, 0.2) is 5.82 Å². The standard InChI is InChI=1S/C26H31FN2O2/c1-4-5-6-15-30-23-13-9-21(10-14-23)26-28-16-22(17-29-26)20-7-11-24(12-8-20)31-18-25(27)19(2)3/h7-14,16-17,19,25H,4-6,15,18H2,1-3H3. The van der Waals surface area contributed by atoms with Crippen molar-refractivity contribution in [1.29, 1.82) is 0 Å². The molecule has 1 aromatic heterocycles. The van der Waals surface area contributed by atoms with Crippen LogP contribution in [0, 0.1) is 5.92 Å². The maximum absolute atomic E-state index is 13.7. The highest BCUT2D eigenvalue weighted by Gasteiger charge is 2.12. The summed E-state index contributed by atoms with van der Waals surface area (Å²) in [5.74, 6) is 2.14. The summed E-state index contributed by atoms with van der Waals surface area (Å²) in [6.45, 7) is 6.68. The Bertz CT molecular complexity index is 910. The van der Waals surface area contributed by atoms with Crippen molar-refractivity contribution in [3.63, 3.8) is 0 Å². The molecule has 3 rings (SSSR count). The number of benzene rings is 2. The fraction of sp³-hybridized carbons (Fsp3) is 0.385. The average Bonchev–Trinajstić information content (AvgIpc) is 2.81. The van der Waals surface area contributed by atoms with Gasteiger partial charge in [0, 0.05) is 23.5 Å². The number of hydrogen-bond donors (Lipinski definition) is 0. The molecule has 0 radical (unpaired) electrons. The molecule has 0 N–H and O–H groups in total. The number of aromatic nitrogens is 2. The molecule has 0 bridgehead atoms. The Labute approximate surface area is 184 Å². The second kappa shape index (κ2) is 11.4. The van der Waals surface area contributed by atoms with E-state index < -0.39 is 6.17 Å². The molecule has 1 heterocycles. The Balaban J connectivity index is 1.58. The molecule has 1 atom stereocenters. The van der Waals surface area contributed by atoms with Crippen molar-refractivity contribution in [1.82, 2.24) is 9.97 Å². The van der Waals surface area contributed by atoms with E-state index in [0.717, 1.165) is 35.5 Å². The molecular weight excluding hydrogens is 391 g/mol. The van der Waals surface area contributed by atoms with Gasteiger partial charge in [-0.1, -0.05) is 45.7 Å². The van der Waals surface area contributed by atoms with E-state index in [-0.39, 0.29) is 12.5 Å². The summed E-state index contributed by atoms with van der Waals surface area (Å²) in [5, 5.41) is 0. The Morgan fingerprint density at radius 1 is 0.774 bits per heavy atom. The third-order valence-electron chi connectivity index (χ3n) is 5.10. The minimum absolute atomic E-state index is 0.0514. The van der Waals surface area contributed by atoms with Crippen molar-refractivity contribution in [3.8, 4) is 34.0 Å². The lowest BCUT2D eigenvalue weighted by Crippen LogP contribution is -2.18. The van der Waals surface area contributed by atoms with Crippen molar-refractivity contribution in [2.24, 2.45) is 5.92 Å². The van der Waals surface area contributed by atoms with Crippen LogP contribution in [0.1, 0.15) is 40.0 Å². The molecule has 2 aromatic carbocycles. The predicted octanol–water partition coefficient (Wildman–Crippen LogP) is 6.75. The van der Waals surface area contributed by atoms with Gasteiger partial charge in [-0.15, -0.1) is 0 Å². The van der Waals surface area contributed by atoms with E-state index in [0.29, 0.717) is 11.6 Å². The molecule has 0 aliphatic heterocycles. The van der Waals surface area contributed by atoms with Gasteiger partial charge in [0.2, 0.25) is 0 Å². The van der Waals surface area contributed by atoms with Crippen LogP contribution in [0.5, 0.6) is 11.5 Å². The van der Waals surface area contributed by atoms with Gasteiger partial charge < -0.3 is 9.47 Å². The smallest absolute Gasteiger partial charge is 0.159 e. The highest BCUT2D eigenvalue weighted by atomic mass is 19.1. The Hall–Kier alpha value is -2.95. The second-order valence-electron chi connectivity index (χ2n) is 7.97. The molecule has 0 aliphatic rings. The zero-order valence-electron chi connectivity index (χ0n) is 18.6. The van der Waals surface area contributed by atoms with Crippen LogP contribution in [-0.4, -0.2) is 29.4 Å². The van der Waals surface area contributed by atoms with Crippen LogP contribution in [-0.2, 0) is 0 Å². The normalized spacial score (nSPS) is 12.0. The topological polar surface area (TPSA) is 44.2 Å². The van der Waals surface area contributed by atoms with Gasteiger partial charge >= 0.3 is 0 Å². The average molecular weight is 423 g/mol. The van der Waals surface area contributed by atoms with Gasteiger partial charge in [-0.3, -0.25) is 0 Å². The molecule has 4 nitrogen and oxygen atoms in total. The van der Waals surface area contributed by atoms with Crippen molar-refractivity contribution in [3.05, 3.63) is 60.9 Å². The second-order valence-corrected chi connectivity index (χ2v) is 7.97. The Morgan fingerprint density at radius 2 is 1.35 bits per heavy atom. The monoisotopic (exact) mass is 422 g/mol. The molecule has 5 heteroatoms. The zero-order chi connectivity index (χ0) is 22.1. The minimum Gasteiger partial charge on any atom is -0.494 e. The van der Waals surface area contributed by atoms with Crippen molar-refractivity contribution >= 4 is 0 Å². The van der Waals surface area contributed by atoms with E-state index in [1.165, 1.54) is 12.8 Å². The first kappa shape index (κ1) is 22.7. The molecule has 0 fully saturated rings. The summed E-state index contributed by atoms with van der Waals surface area (Å²) in [6.07, 6.45) is 6.09. The largest absolute Gasteiger partial charge is 0.494 e. The number of unbranched alkanes of at least 4 members (excludes halogenated alkanes) is 2. The van der Waals surface area contributed by atoms with Crippen LogP contribution in [0.3, 0.4) is 0 Å². The highest BCUT2D eigenvalue weighted by Crippen LogP contribution is 2.24. The van der Waals surface area contributed by atoms with Gasteiger partial charge in [-0.2, -0.15) is 0 Å². The predicted molar refractivity (Wildman–Crippen MR) is 123 cm³/mol. The summed E-state index contributed by atoms with van der Waals surface area (Å²) >= 11 is 0. The maximum atomic E-state index is 13.7. The van der Waals surface area contributed by atoms with E-state index in [4.69, 9.17) is 9.47 Å². The fourth-order valence-electron chi connectivity index (χ4n) is 2.98. The van der Waals surface area contributed by atoms with Crippen LogP contribution in [0.2, 0.25) is 0 Å². The molecule has 164 valence electrons. The molecule has 0 spiro atoms. The number of hydrogen-bond acceptors (Lipinski definition) is 4. The third-order valence-corrected chi connectivity index (χ3v) is 5.10. The van der Waals surface area contributed by atoms with Crippen LogP contribution < -0.4 is 9.47 Å². The molecule has 0 saturated heterocycles. The van der Waals surface area contributed by atoms with E-state index in [1.54, 1.807) is 0 Å². The zero-order valence-corrected chi connectivity index (χ0v) is 18.6. The number of halogens is 1. The first-order chi connectivity index (χ1) is 15.1. The third kappa shape index (κ3) is 6.78. The lowest BCUT2D eigenvalue weighted by molar-refractivity contribution is 0.155. The van der Waals surface area contributed by atoms with Crippen LogP contribution >= 0.6 is 0 Å². The first-order valence-corrected chi connectivity index (χ1v) is 11.0. The molecule has 0 saturated carbocycles. The van der Waals surface area contributed by atoms with Crippen LogP contribution in [0.4, 0.5) is 4.39 Å². The van der Waals surface area contributed by atoms with Gasteiger partial charge in [0.1, 0.15) is 24.3 Å². The van der Waals surface area contributed by atoms with E-state index in [1.807, 2.05) is 74.8 Å². The summed E-state index contributed by atoms with van der Waals surface area (Å²) in [7, 11) is 0. The Kier molecular flexibility index (Phi) is 8.39. The summed E-state index contributed by atoms with van der Waals surface area (Å²) in [5.41, 5.74) is 2.84. The minimum atomic E-state index is -0.970. The van der Waals surface area contributed by atoms with Crippen molar-refractivity contribution in [2.75, 3.05) is 13.2 Å². The summed E-state index contributed by atoms with van der Waals surface area (Å²) < 4.78 is 25.0. The van der Waals surface area contributed by atoms with Gasteiger partial charge in [0.25, 0.3) is 0 Å². The maximum Gasteiger partial charge on any atom is 0.159 e. The molecule has 1 unspecified atom stereocenters. The van der Waals surface area contributed by atoms with Crippen molar-refractivity contribution < 1.29 is 13.9 Å². The lowest BCUT2D eigenvalue weighted by Gasteiger charge is -2.13. The van der Waals surface area contributed by atoms with Crippen LogP contribution in [0.15, 0.2) is 60.9 Å². The fourth-order valence-corrected chi connectivity index (χ4v) is 2.98. The first-order valence-electron chi connectivity index (χ1n) is 11.0. The quantitative estimate of drug-likeness (QED) is 0.321. The summed E-state index contributed by atoms with van der Waals surface area (Å²) in [4.78, 5) is 9.02. The van der Waals surface area contributed by atoms with Gasteiger partial charge in [-0.05, 0) is 54.3 Å². The number of alkyl halides is 1. The molecule has 31 heavy (non-hydrogen) atoms. The highest BCUT2D eigenvalue weighted by molar-refractivity contribution is 5.64. The van der Waals surface area contributed by atoms with E-state index in [2.05, 4.69) is 16.9 Å². The number of ether oxygens (including phenoxy) is 2.